The van der Waals surface area contributed by atoms with Gasteiger partial charge in [-0.3, -0.25) is 4.79 Å². The molecule has 0 N–H and O–H groups in total. The van der Waals surface area contributed by atoms with Gasteiger partial charge in [0.2, 0.25) is 0 Å². The Hall–Kier alpha value is -1.26. The molecule has 0 spiro atoms. The number of hydrogen-bond donors (Lipinski definition) is 0. The smallest absolute Gasteiger partial charge is 0.172 e. The third-order valence-electron chi connectivity index (χ3n) is 2.51. The zero-order chi connectivity index (χ0) is 12.3. The van der Waals surface area contributed by atoms with Gasteiger partial charge in [-0.05, 0) is 30.0 Å². The van der Waals surface area contributed by atoms with E-state index in [1.54, 1.807) is 13.2 Å². The van der Waals surface area contributed by atoms with E-state index in [1.807, 2.05) is 6.07 Å². The SMILES string of the molecule is COCCCC(=O)c1cc2ccc(F)cc2s1. The van der Waals surface area contributed by atoms with Gasteiger partial charge in [0, 0.05) is 24.8 Å². The molecule has 2 nitrogen and oxygen atoms in total. The van der Waals surface area contributed by atoms with Gasteiger partial charge in [0.1, 0.15) is 5.82 Å². The number of fused-ring (bicyclic) bond motifs is 1. The van der Waals surface area contributed by atoms with Crippen molar-refractivity contribution in [2.45, 2.75) is 12.8 Å². The average molecular weight is 252 g/mol. The van der Waals surface area contributed by atoms with Gasteiger partial charge in [0.15, 0.2) is 5.78 Å². The van der Waals surface area contributed by atoms with Gasteiger partial charge >= 0.3 is 0 Å². The first kappa shape index (κ1) is 12.2. The largest absolute Gasteiger partial charge is 0.385 e. The highest BCUT2D eigenvalue weighted by atomic mass is 32.1. The third-order valence-corrected chi connectivity index (χ3v) is 3.65. The number of benzene rings is 1. The fraction of sp³-hybridized carbons (Fsp3) is 0.308. The molecule has 0 aliphatic heterocycles. The number of halogens is 1. The van der Waals surface area contributed by atoms with Crippen LogP contribution < -0.4 is 0 Å². The molecule has 0 unspecified atom stereocenters. The van der Waals surface area contributed by atoms with E-state index in [0.29, 0.717) is 17.9 Å². The Morgan fingerprint density at radius 3 is 3.00 bits per heavy atom. The van der Waals surface area contributed by atoms with Gasteiger partial charge in [0.25, 0.3) is 0 Å². The fourth-order valence-corrected chi connectivity index (χ4v) is 2.70. The number of ketones is 1. The molecule has 1 heterocycles. The second-order valence-corrected chi connectivity index (χ2v) is 4.90. The Balaban J connectivity index is 2.15. The Kier molecular flexibility index (Phi) is 3.86. The van der Waals surface area contributed by atoms with Gasteiger partial charge in [-0.25, -0.2) is 4.39 Å². The summed E-state index contributed by atoms with van der Waals surface area (Å²) in [5, 5.41) is 0.923. The topological polar surface area (TPSA) is 26.3 Å². The fourth-order valence-electron chi connectivity index (χ4n) is 1.64. The standard InChI is InChI=1S/C13H13FO2S/c1-16-6-2-3-11(15)13-7-9-4-5-10(14)8-12(9)17-13/h4-5,7-8H,2-3,6H2,1H3. The molecule has 2 rings (SSSR count). The van der Waals surface area contributed by atoms with Crippen molar-refractivity contribution in [1.82, 2.24) is 0 Å². The van der Waals surface area contributed by atoms with Crippen molar-refractivity contribution in [3.8, 4) is 0 Å². The molecule has 0 bridgehead atoms. The van der Waals surface area contributed by atoms with Crippen LogP contribution in [0.5, 0.6) is 0 Å². The molecule has 4 heteroatoms. The summed E-state index contributed by atoms with van der Waals surface area (Å²) < 4.78 is 18.7. The van der Waals surface area contributed by atoms with Crippen LogP contribution in [0.25, 0.3) is 10.1 Å². The molecular formula is C13H13FO2S. The van der Waals surface area contributed by atoms with Crippen LogP contribution in [0.4, 0.5) is 4.39 Å². The Morgan fingerprint density at radius 1 is 1.41 bits per heavy atom. The summed E-state index contributed by atoms with van der Waals surface area (Å²) in [5.74, 6) is -0.165. The van der Waals surface area contributed by atoms with Gasteiger partial charge in [0.05, 0.1) is 4.88 Å². The predicted octanol–water partition coefficient (Wildman–Crippen LogP) is 3.65. The zero-order valence-electron chi connectivity index (χ0n) is 9.53. The lowest BCUT2D eigenvalue weighted by Gasteiger charge is -1.96. The highest BCUT2D eigenvalue weighted by Gasteiger charge is 2.10. The number of methoxy groups -OCH3 is 1. The lowest BCUT2D eigenvalue weighted by molar-refractivity contribution is 0.0967. The Labute approximate surface area is 103 Å². The second-order valence-electron chi connectivity index (χ2n) is 3.81. The van der Waals surface area contributed by atoms with Gasteiger partial charge in [-0.1, -0.05) is 6.07 Å². The Bertz CT molecular complexity index is 533. The summed E-state index contributed by atoms with van der Waals surface area (Å²) >= 11 is 1.35. The molecule has 90 valence electrons. The van der Waals surface area contributed by atoms with E-state index < -0.39 is 0 Å². The van der Waals surface area contributed by atoms with Crippen LogP contribution in [-0.2, 0) is 4.74 Å². The zero-order valence-corrected chi connectivity index (χ0v) is 10.3. The van der Waals surface area contributed by atoms with Gasteiger partial charge in [-0.15, -0.1) is 11.3 Å². The van der Waals surface area contributed by atoms with Crippen LogP contribution >= 0.6 is 11.3 Å². The number of rotatable bonds is 5. The van der Waals surface area contributed by atoms with E-state index in [0.717, 1.165) is 16.5 Å². The number of ether oxygens (including phenoxy) is 1. The van der Waals surface area contributed by atoms with E-state index in [4.69, 9.17) is 4.74 Å². The summed E-state index contributed by atoms with van der Waals surface area (Å²) in [4.78, 5) is 12.5. The monoisotopic (exact) mass is 252 g/mol. The maximum atomic E-state index is 13.0. The molecule has 1 aromatic carbocycles. The number of carbonyl (C=O) groups excluding carboxylic acids is 1. The van der Waals surface area contributed by atoms with Crippen molar-refractivity contribution >= 4 is 27.2 Å². The number of carbonyl (C=O) groups is 1. The Morgan fingerprint density at radius 2 is 2.24 bits per heavy atom. The van der Waals surface area contributed by atoms with Crippen molar-refractivity contribution in [3.63, 3.8) is 0 Å². The van der Waals surface area contributed by atoms with Crippen LogP contribution in [0, 0.1) is 5.82 Å². The second kappa shape index (κ2) is 5.38. The molecule has 17 heavy (non-hydrogen) atoms. The molecule has 2 aromatic rings. The van der Waals surface area contributed by atoms with E-state index >= 15 is 0 Å². The summed E-state index contributed by atoms with van der Waals surface area (Å²) in [7, 11) is 1.62. The highest BCUT2D eigenvalue weighted by Crippen LogP contribution is 2.27. The van der Waals surface area contributed by atoms with E-state index in [2.05, 4.69) is 0 Å². The number of Topliss-reactive ketones (excluding diaryl/α,β-unsaturated/α-hetero) is 1. The molecule has 0 saturated carbocycles. The van der Waals surface area contributed by atoms with Gasteiger partial charge in [-0.2, -0.15) is 0 Å². The van der Waals surface area contributed by atoms with Crippen LogP contribution in [0.3, 0.4) is 0 Å². The minimum absolute atomic E-state index is 0.101. The molecule has 0 fully saturated rings. The molecule has 0 aliphatic rings. The summed E-state index contributed by atoms with van der Waals surface area (Å²) in [6.45, 7) is 0.589. The maximum absolute atomic E-state index is 13.0. The number of thiophene rings is 1. The number of hydrogen-bond acceptors (Lipinski definition) is 3. The maximum Gasteiger partial charge on any atom is 0.172 e. The molecular weight excluding hydrogens is 239 g/mol. The van der Waals surface area contributed by atoms with E-state index in [-0.39, 0.29) is 11.6 Å². The summed E-state index contributed by atoms with van der Waals surface area (Å²) in [5.41, 5.74) is 0. The van der Waals surface area contributed by atoms with Crippen LogP contribution in [0.1, 0.15) is 22.5 Å². The lowest BCUT2D eigenvalue weighted by atomic mass is 10.2. The minimum atomic E-state index is -0.266. The van der Waals surface area contributed by atoms with Crippen molar-refractivity contribution in [3.05, 3.63) is 35.0 Å². The molecule has 0 atom stereocenters. The molecule has 0 radical (unpaired) electrons. The third kappa shape index (κ3) is 2.90. The minimum Gasteiger partial charge on any atom is -0.385 e. The van der Waals surface area contributed by atoms with Crippen molar-refractivity contribution < 1.29 is 13.9 Å². The van der Waals surface area contributed by atoms with Crippen LogP contribution in [0.15, 0.2) is 24.3 Å². The van der Waals surface area contributed by atoms with E-state index in [1.165, 1.54) is 23.5 Å². The van der Waals surface area contributed by atoms with Crippen molar-refractivity contribution in [1.29, 1.82) is 0 Å². The van der Waals surface area contributed by atoms with Crippen molar-refractivity contribution in [2.24, 2.45) is 0 Å². The first-order chi connectivity index (χ1) is 8.20. The van der Waals surface area contributed by atoms with E-state index in [9.17, 15) is 9.18 Å². The predicted molar refractivity (Wildman–Crippen MR) is 67.2 cm³/mol. The quantitative estimate of drug-likeness (QED) is 0.599. The molecule has 0 aliphatic carbocycles. The first-order valence-electron chi connectivity index (χ1n) is 5.42. The molecule has 1 aromatic heterocycles. The van der Waals surface area contributed by atoms with Crippen molar-refractivity contribution in [2.75, 3.05) is 13.7 Å². The van der Waals surface area contributed by atoms with Crippen LogP contribution in [-0.4, -0.2) is 19.5 Å². The van der Waals surface area contributed by atoms with Crippen LogP contribution in [0.2, 0.25) is 0 Å². The normalized spacial score (nSPS) is 10.9. The lowest BCUT2D eigenvalue weighted by Crippen LogP contribution is -1.98. The summed E-state index contributed by atoms with van der Waals surface area (Å²) in [6.07, 6.45) is 1.20. The summed E-state index contributed by atoms with van der Waals surface area (Å²) in [6, 6.07) is 6.40. The highest BCUT2D eigenvalue weighted by molar-refractivity contribution is 7.20. The average Bonchev–Trinajstić information content (AvgIpc) is 2.72. The van der Waals surface area contributed by atoms with Gasteiger partial charge < -0.3 is 4.74 Å². The first-order valence-corrected chi connectivity index (χ1v) is 6.23. The molecule has 0 amide bonds. The molecule has 0 saturated heterocycles.